The Labute approximate surface area is 162 Å². The highest BCUT2D eigenvalue weighted by atomic mass is 32.1. The van der Waals surface area contributed by atoms with Gasteiger partial charge in [-0.25, -0.2) is 14.0 Å². The second kappa shape index (κ2) is 7.66. The Morgan fingerprint density at radius 3 is 2.50 bits per heavy atom. The summed E-state index contributed by atoms with van der Waals surface area (Å²) in [5.74, 6) is -0.183. The Balaban J connectivity index is 1.61. The van der Waals surface area contributed by atoms with Gasteiger partial charge in [0.15, 0.2) is 12.2 Å². The first-order chi connectivity index (χ1) is 13.6. The SMILES string of the molecule is O=C(COc1ccccc1)Oc1cc(-c2ccc(F)cc2)c2oc(=O)sc2c1. The Morgan fingerprint density at radius 2 is 1.75 bits per heavy atom. The lowest BCUT2D eigenvalue weighted by molar-refractivity contribution is -0.136. The van der Waals surface area contributed by atoms with Crippen LogP contribution < -0.4 is 14.4 Å². The molecule has 0 aliphatic carbocycles. The molecular weight excluding hydrogens is 383 g/mol. The number of rotatable bonds is 5. The Bertz CT molecular complexity index is 1180. The van der Waals surface area contributed by atoms with Crippen molar-refractivity contribution in [1.82, 2.24) is 0 Å². The van der Waals surface area contributed by atoms with Gasteiger partial charge in [-0.2, -0.15) is 0 Å². The molecule has 0 saturated heterocycles. The number of hydrogen-bond donors (Lipinski definition) is 0. The molecule has 3 aromatic carbocycles. The van der Waals surface area contributed by atoms with E-state index in [0.29, 0.717) is 27.2 Å². The number of ether oxygens (including phenoxy) is 2. The van der Waals surface area contributed by atoms with Crippen molar-refractivity contribution in [2.24, 2.45) is 0 Å². The zero-order valence-electron chi connectivity index (χ0n) is 14.4. The van der Waals surface area contributed by atoms with Crippen molar-refractivity contribution in [2.75, 3.05) is 6.61 Å². The number of esters is 1. The van der Waals surface area contributed by atoms with E-state index in [-0.39, 0.29) is 18.2 Å². The van der Waals surface area contributed by atoms with E-state index in [2.05, 4.69) is 0 Å². The van der Waals surface area contributed by atoms with Gasteiger partial charge < -0.3 is 13.9 Å². The average Bonchev–Trinajstić information content (AvgIpc) is 3.07. The van der Waals surface area contributed by atoms with Crippen LogP contribution in [0.2, 0.25) is 0 Å². The molecule has 0 bridgehead atoms. The van der Waals surface area contributed by atoms with Gasteiger partial charge in [0.2, 0.25) is 0 Å². The summed E-state index contributed by atoms with van der Waals surface area (Å²) in [6.07, 6.45) is 0. The van der Waals surface area contributed by atoms with E-state index in [1.807, 2.05) is 6.07 Å². The van der Waals surface area contributed by atoms with E-state index in [1.54, 1.807) is 48.5 Å². The van der Waals surface area contributed by atoms with Gasteiger partial charge >= 0.3 is 10.9 Å². The molecule has 4 aromatic rings. The molecule has 0 spiro atoms. The van der Waals surface area contributed by atoms with E-state index in [4.69, 9.17) is 13.9 Å². The third-order valence-electron chi connectivity index (χ3n) is 3.89. The van der Waals surface area contributed by atoms with Gasteiger partial charge in [0.1, 0.15) is 17.3 Å². The number of benzene rings is 3. The van der Waals surface area contributed by atoms with Crippen LogP contribution >= 0.6 is 11.3 Å². The lowest BCUT2D eigenvalue weighted by Crippen LogP contribution is -2.17. The second-order valence-corrected chi connectivity index (χ2v) is 6.81. The smallest absolute Gasteiger partial charge is 0.396 e. The fourth-order valence-corrected chi connectivity index (χ4v) is 3.40. The molecule has 0 aliphatic rings. The Hall–Kier alpha value is -3.45. The number of carbonyl (C=O) groups excluding carboxylic acids is 1. The minimum atomic E-state index is -0.593. The van der Waals surface area contributed by atoms with E-state index >= 15 is 0 Å². The lowest BCUT2D eigenvalue weighted by Gasteiger charge is -2.09. The number of carbonyl (C=O) groups is 1. The molecule has 0 saturated carbocycles. The van der Waals surface area contributed by atoms with E-state index < -0.39 is 10.9 Å². The van der Waals surface area contributed by atoms with Crippen LogP contribution in [-0.2, 0) is 4.79 Å². The fourth-order valence-electron chi connectivity index (χ4n) is 2.67. The van der Waals surface area contributed by atoms with Crippen LogP contribution in [0.3, 0.4) is 0 Å². The molecule has 7 heteroatoms. The van der Waals surface area contributed by atoms with E-state index in [1.165, 1.54) is 12.1 Å². The van der Waals surface area contributed by atoms with Crippen molar-refractivity contribution in [1.29, 1.82) is 0 Å². The van der Waals surface area contributed by atoms with Crippen molar-refractivity contribution in [3.63, 3.8) is 0 Å². The lowest BCUT2D eigenvalue weighted by atomic mass is 10.0. The largest absolute Gasteiger partial charge is 0.482 e. The molecule has 0 aliphatic heterocycles. The van der Waals surface area contributed by atoms with Gasteiger partial charge in [-0.05, 0) is 35.9 Å². The maximum Gasteiger partial charge on any atom is 0.396 e. The summed E-state index contributed by atoms with van der Waals surface area (Å²) >= 11 is 0.897. The standard InChI is InChI=1S/C21H13FO5S/c22-14-8-6-13(7-9-14)17-10-16(11-18-20(17)27-21(24)28-18)26-19(23)12-25-15-4-2-1-3-5-15/h1-11H,12H2. The molecule has 0 unspecified atom stereocenters. The second-order valence-electron chi connectivity index (χ2n) is 5.83. The third-order valence-corrected chi connectivity index (χ3v) is 4.67. The first kappa shape index (κ1) is 17.9. The van der Waals surface area contributed by atoms with Crippen LogP contribution in [0, 0.1) is 5.82 Å². The molecular formula is C21H13FO5S. The summed E-state index contributed by atoms with van der Waals surface area (Å²) in [6, 6.07) is 17.8. The van der Waals surface area contributed by atoms with Crippen LogP contribution in [0.15, 0.2) is 75.9 Å². The highest BCUT2D eigenvalue weighted by molar-refractivity contribution is 7.16. The highest BCUT2D eigenvalue weighted by Crippen LogP contribution is 2.34. The number of hydrogen-bond acceptors (Lipinski definition) is 6. The summed E-state index contributed by atoms with van der Waals surface area (Å²) in [5, 5.41) is 0. The summed E-state index contributed by atoms with van der Waals surface area (Å²) < 4.78 is 29.8. The average molecular weight is 396 g/mol. The zero-order valence-corrected chi connectivity index (χ0v) is 15.2. The summed E-state index contributed by atoms with van der Waals surface area (Å²) in [7, 11) is 0. The first-order valence-electron chi connectivity index (χ1n) is 8.31. The van der Waals surface area contributed by atoms with Gasteiger partial charge in [0.05, 0.1) is 4.70 Å². The molecule has 0 amide bonds. The predicted molar refractivity (Wildman–Crippen MR) is 103 cm³/mol. The van der Waals surface area contributed by atoms with Gasteiger partial charge in [0.25, 0.3) is 0 Å². The van der Waals surface area contributed by atoms with Crippen molar-refractivity contribution in [3.05, 3.63) is 82.3 Å². The predicted octanol–water partition coefficient (Wildman–Crippen LogP) is 4.65. The number of halogens is 1. The minimum Gasteiger partial charge on any atom is -0.482 e. The maximum atomic E-state index is 13.2. The van der Waals surface area contributed by atoms with Gasteiger partial charge in [-0.15, -0.1) is 0 Å². The Morgan fingerprint density at radius 1 is 1.00 bits per heavy atom. The Kier molecular flexibility index (Phi) is 4.90. The maximum absolute atomic E-state index is 13.2. The minimum absolute atomic E-state index is 0.241. The van der Waals surface area contributed by atoms with Crippen LogP contribution in [0.4, 0.5) is 4.39 Å². The van der Waals surface area contributed by atoms with Crippen LogP contribution in [0.5, 0.6) is 11.5 Å². The molecule has 0 atom stereocenters. The van der Waals surface area contributed by atoms with Crippen molar-refractivity contribution >= 4 is 27.6 Å². The molecule has 4 rings (SSSR count). The quantitative estimate of drug-likeness (QED) is 0.363. The first-order valence-corrected chi connectivity index (χ1v) is 9.12. The summed E-state index contributed by atoms with van der Waals surface area (Å²) in [4.78, 5) is 23.3. The van der Waals surface area contributed by atoms with Crippen molar-refractivity contribution < 1.29 is 23.1 Å². The van der Waals surface area contributed by atoms with Gasteiger partial charge in [0, 0.05) is 11.6 Å². The number of para-hydroxylation sites is 1. The van der Waals surface area contributed by atoms with Crippen LogP contribution in [-0.4, -0.2) is 12.6 Å². The molecule has 0 radical (unpaired) electrons. The zero-order chi connectivity index (χ0) is 19.5. The van der Waals surface area contributed by atoms with Crippen molar-refractivity contribution in [3.8, 4) is 22.6 Å². The molecule has 140 valence electrons. The molecule has 1 heterocycles. The van der Waals surface area contributed by atoms with E-state index in [0.717, 1.165) is 11.3 Å². The molecule has 0 N–H and O–H groups in total. The fraction of sp³-hybridized carbons (Fsp3) is 0.0476. The molecule has 0 fully saturated rings. The molecule has 5 nitrogen and oxygen atoms in total. The topological polar surface area (TPSA) is 65.7 Å². The summed E-state index contributed by atoms with van der Waals surface area (Å²) in [5.41, 5.74) is 1.52. The molecule has 1 aromatic heterocycles. The van der Waals surface area contributed by atoms with Crippen molar-refractivity contribution in [2.45, 2.75) is 0 Å². The summed E-state index contributed by atoms with van der Waals surface area (Å²) in [6.45, 7) is -0.268. The van der Waals surface area contributed by atoms with Gasteiger partial charge in [-0.1, -0.05) is 41.7 Å². The monoisotopic (exact) mass is 396 g/mol. The van der Waals surface area contributed by atoms with E-state index in [9.17, 15) is 14.0 Å². The van der Waals surface area contributed by atoms with Crippen LogP contribution in [0.25, 0.3) is 21.4 Å². The normalized spacial score (nSPS) is 10.8. The number of fused-ring (bicyclic) bond motifs is 1. The third kappa shape index (κ3) is 3.94. The molecule has 28 heavy (non-hydrogen) atoms. The highest BCUT2D eigenvalue weighted by Gasteiger charge is 2.15. The van der Waals surface area contributed by atoms with Crippen LogP contribution in [0.1, 0.15) is 0 Å². The van der Waals surface area contributed by atoms with Gasteiger partial charge in [-0.3, -0.25) is 0 Å².